The zero-order valence-corrected chi connectivity index (χ0v) is 13.3. The lowest BCUT2D eigenvalue weighted by atomic mass is 9.75. The van der Waals surface area contributed by atoms with Crippen LogP contribution in [0.4, 0.5) is 0 Å². The van der Waals surface area contributed by atoms with Gasteiger partial charge in [-0.25, -0.2) is 0 Å². The number of piperazine rings is 1. The van der Waals surface area contributed by atoms with Gasteiger partial charge >= 0.3 is 0 Å². The molecule has 1 aliphatic carbocycles. The molecule has 0 aromatic rings. The van der Waals surface area contributed by atoms with Crippen molar-refractivity contribution in [2.75, 3.05) is 6.54 Å². The fourth-order valence-corrected chi connectivity index (χ4v) is 3.53. The normalized spacial score (nSPS) is 29.9. The van der Waals surface area contributed by atoms with Crippen LogP contribution in [0.25, 0.3) is 0 Å². The van der Waals surface area contributed by atoms with Gasteiger partial charge in [0.25, 0.3) is 0 Å². The van der Waals surface area contributed by atoms with E-state index in [-0.39, 0.29) is 11.8 Å². The number of rotatable bonds is 3. The van der Waals surface area contributed by atoms with Crippen LogP contribution in [0.5, 0.6) is 0 Å². The van der Waals surface area contributed by atoms with Crippen molar-refractivity contribution in [3.63, 3.8) is 0 Å². The van der Waals surface area contributed by atoms with Crippen LogP contribution in [0.2, 0.25) is 0 Å². The molecule has 1 atom stereocenters. The molecular weight excluding hydrogens is 252 g/mol. The quantitative estimate of drug-likeness (QED) is 0.863. The number of carbonyl (C=O) groups excluding carboxylic acids is 2. The summed E-state index contributed by atoms with van der Waals surface area (Å²) in [5.74, 6) is 0.557. The maximum atomic E-state index is 12.9. The molecule has 0 aromatic carbocycles. The minimum Gasteiger partial charge on any atom is -0.340 e. The first kappa shape index (κ1) is 15.3. The summed E-state index contributed by atoms with van der Waals surface area (Å²) in [4.78, 5) is 27.6. The second-order valence-corrected chi connectivity index (χ2v) is 7.04. The summed E-state index contributed by atoms with van der Waals surface area (Å²) in [5, 5.41) is 3.03. The topological polar surface area (TPSA) is 49.4 Å². The van der Waals surface area contributed by atoms with Gasteiger partial charge in [-0.2, -0.15) is 0 Å². The van der Waals surface area contributed by atoms with Crippen molar-refractivity contribution >= 4 is 11.8 Å². The molecule has 0 bridgehead atoms. The van der Waals surface area contributed by atoms with Crippen LogP contribution in [-0.4, -0.2) is 34.3 Å². The monoisotopic (exact) mass is 280 g/mol. The van der Waals surface area contributed by atoms with Crippen molar-refractivity contribution in [1.29, 1.82) is 0 Å². The summed E-state index contributed by atoms with van der Waals surface area (Å²) in [6.07, 6.45) is 5.52. The summed E-state index contributed by atoms with van der Waals surface area (Å²) in [6.45, 7) is 8.72. The largest absolute Gasteiger partial charge is 0.340 e. The molecule has 2 rings (SSSR count). The lowest BCUT2D eigenvalue weighted by Gasteiger charge is -2.53. The SMILES string of the molecule is CCC1(C)NC(=O)C2(CCCCC2)N(CC(C)C)C1=O. The minimum atomic E-state index is -0.728. The van der Waals surface area contributed by atoms with Crippen molar-refractivity contribution < 1.29 is 9.59 Å². The predicted molar refractivity (Wildman–Crippen MR) is 79.2 cm³/mol. The average molecular weight is 280 g/mol. The summed E-state index contributed by atoms with van der Waals surface area (Å²) < 4.78 is 0. The van der Waals surface area contributed by atoms with Gasteiger partial charge in [-0.1, -0.05) is 40.0 Å². The molecule has 2 amide bonds. The van der Waals surface area contributed by atoms with E-state index in [0.717, 1.165) is 25.7 Å². The third-order valence-electron chi connectivity index (χ3n) is 4.98. The van der Waals surface area contributed by atoms with Crippen molar-refractivity contribution in [3.05, 3.63) is 0 Å². The molecule has 1 N–H and O–H groups in total. The van der Waals surface area contributed by atoms with Crippen LogP contribution in [0.3, 0.4) is 0 Å². The third kappa shape index (κ3) is 2.33. The second kappa shape index (κ2) is 5.38. The Morgan fingerprint density at radius 1 is 1.20 bits per heavy atom. The van der Waals surface area contributed by atoms with Gasteiger partial charge in [-0.05, 0) is 32.1 Å². The highest BCUT2D eigenvalue weighted by molar-refractivity contribution is 6.02. The van der Waals surface area contributed by atoms with Gasteiger partial charge in [-0.15, -0.1) is 0 Å². The highest BCUT2D eigenvalue weighted by Crippen LogP contribution is 2.39. The van der Waals surface area contributed by atoms with Crippen molar-refractivity contribution in [1.82, 2.24) is 10.2 Å². The molecule has 1 saturated carbocycles. The molecule has 1 unspecified atom stereocenters. The smallest absolute Gasteiger partial charge is 0.248 e. The first-order chi connectivity index (χ1) is 9.35. The molecule has 1 aliphatic heterocycles. The Labute approximate surface area is 122 Å². The summed E-state index contributed by atoms with van der Waals surface area (Å²) >= 11 is 0. The lowest BCUT2D eigenvalue weighted by molar-refractivity contribution is -0.166. The van der Waals surface area contributed by atoms with Crippen LogP contribution in [0, 0.1) is 5.92 Å². The Morgan fingerprint density at radius 3 is 2.30 bits per heavy atom. The van der Waals surface area contributed by atoms with E-state index in [4.69, 9.17) is 0 Å². The Bertz CT molecular complexity index is 399. The van der Waals surface area contributed by atoms with Crippen molar-refractivity contribution in [2.24, 2.45) is 5.92 Å². The van der Waals surface area contributed by atoms with Gasteiger partial charge in [0.1, 0.15) is 11.1 Å². The number of hydrogen-bond donors (Lipinski definition) is 1. The third-order valence-corrected chi connectivity index (χ3v) is 4.98. The molecule has 114 valence electrons. The van der Waals surface area contributed by atoms with Crippen molar-refractivity contribution in [3.8, 4) is 0 Å². The minimum absolute atomic E-state index is 0.0711. The molecule has 20 heavy (non-hydrogen) atoms. The van der Waals surface area contributed by atoms with E-state index in [1.807, 2.05) is 18.7 Å². The van der Waals surface area contributed by atoms with E-state index in [1.54, 1.807) is 0 Å². The molecule has 1 spiro atoms. The number of nitrogens with one attached hydrogen (secondary N) is 1. The first-order valence-electron chi connectivity index (χ1n) is 8.00. The molecule has 2 fully saturated rings. The van der Waals surface area contributed by atoms with E-state index in [1.165, 1.54) is 6.42 Å². The molecule has 0 aromatic heterocycles. The molecule has 1 saturated heterocycles. The van der Waals surface area contributed by atoms with Gasteiger partial charge in [0.15, 0.2) is 0 Å². The first-order valence-corrected chi connectivity index (χ1v) is 8.00. The van der Waals surface area contributed by atoms with Gasteiger partial charge in [0, 0.05) is 6.54 Å². The summed E-state index contributed by atoms with van der Waals surface area (Å²) in [5.41, 5.74) is -1.30. The highest BCUT2D eigenvalue weighted by atomic mass is 16.2. The van der Waals surface area contributed by atoms with Crippen molar-refractivity contribution in [2.45, 2.75) is 77.3 Å². The van der Waals surface area contributed by atoms with E-state index >= 15 is 0 Å². The molecule has 0 radical (unpaired) electrons. The molecule has 2 aliphatic rings. The zero-order chi connectivity index (χ0) is 15.0. The Hall–Kier alpha value is -1.06. The molecular formula is C16H28N2O2. The van der Waals surface area contributed by atoms with Gasteiger partial charge in [0.05, 0.1) is 0 Å². The summed E-state index contributed by atoms with van der Waals surface area (Å²) in [6, 6.07) is 0. The zero-order valence-electron chi connectivity index (χ0n) is 13.3. The average Bonchev–Trinajstić information content (AvgIpc) is 2.43. The van der Waals surface area contributed by atoms with Gasteiger partial charge in [0.2, 0.25) is 11.8 Å². The van der Waals surface area contributed by atoms with Crippen LogP contribution in [-0.2, 0) is 9.59 Å². The Kier molecular flexibility index (Phi) is 4.12. The highest BCUT2D eigenvalue weighted by Gasteiger charge is 2.56. The maximum absolute atomic E-state index is 12.9. The molecule has 4 heteroatoms. The number of carbonyl (C=O) groups is 2. The Morgan fingerprint density at radius 2 is 1.80 bits per heavy atom. The number of nitrogens with zero attached hydrogens (tertiary/aromatic N) is 1. The van der Waals surface area contributed by atoms with E-state index in [2.05, 4.69) is 19.2 Å². The van der Waals surface area contributed by atoms with E-state index in [9.17, 15) is 9.59 Å². The van der Waals surface area contributed by atoms with Crippen LogP contribution < -0.4 is 5.32 Å². The fraction of sp³-hybridized carbons (Fsp3) is 0.875. The lowest BCUT2D eigenvalue weighted by Crippen LogP contribution is -2.75. The number of amides is 2. The standard InChI is InChI=1S/C16H28N2O2/c1-5-15(4)14(20)18(11-12(2)3)16(13(19)17-15)9-7-6-8-10-16/h12H,5-11H2,1-4H3,(H,17,19). The predicted octanol–water partition coefficient (Wildman–Crippen LogP) is 2.47. The summed E-state index contributed by atoms with van der Waals surface area (Å²) in [7, 11) is 0. The van der Waals surface area contributed by atoms with E-state index in [0.29, 0.717) is 18.9 Å². The van der Waals surface area contributed by atoms with Gasteiger partial charge in [-0.3, -0.25) is 9.59 Å². The maximum Gasteiger partial charge on any atom is 0.248 e. The molecule has 1 heterocycles. The van der Waals surface area contributed by atoms with Crippen LogP contribution in [0.15, 0.2) is 0 Å². The molecule has 4 nitrogen and oxygen atoms in total. The Balaban J connectivity index is 2.39. The second-order valence-electron chi connectivity index (χ2n) is 7.04. The fourth-order valence-electron chi connectivity index (χ4n) is 3.53. The van der Waals surface area contributed by atoms with Crippen LogP contribution >= 0.6 is 0 Å². The number of hydrogen-bond acceptors (Lipinski definition) is 2. The van der Waals surface area contributed by atoms with Gasteiger partial charge < -0.3 is 10.2 Å². The van der Waals surface area contributed by atoms with Crippen LogP contribution in [0.1, 0.15) is 66.2 Å². The van der Waals surface area contributed by atoms with E-state index < -0.39 is 11.1 Å².